The molecule has 0 aliphatic carbocycles. The SMILES string of the molecule is O=C(O)c1coc(Oc2ccc(F)cc2F)n1. The van der Waals surface area contributed by atoms with Crippen LogP contribution in [0.15, 0.2) is 28.9 Å². The minimum absolute atomic E-state index is 0.315. The van der Waals surface area contributed by atoms with Crippen LogP contribution in [-0.2, 0) is 0 Å². The highest BCUT2D eigenvalue weighted by Gasteiger charge is 2.14. The van der Waals surface area contributed by atoms with E-state index in [-0.39, 0.29) is 11.4 Å². The van der Waals surface area contributed by atoms with Crippen molar-refractivity contribution in [2.45, 2.75) is 0 Å². The highest BCUT2D eigenvalue weighted by molar-refractivity contribution is 5.84. The van der Waals surface area contributed by atoms with Crippen LogP contribution in [0, 0.1) is 11.6 Å². The standard InChI is InChI=1S/C10H5F2NO4/c11-5-1-2-8(6(12)3-5)17-10-13-7(4-16-10)9(14)15/h1-4H,(H,14,15). The van der Waals surface area contributed by atoms with Crippen LogP contribution in [0.25, 0.3) is 0 Å². The molecular weight excluding hydrogens is 236 g/mol. The molecule has 1 aromatic heterocycles. The summed E-state index contributed by atoms with van der Waals surface area (Å²) in [5.41, 5.74) is -0.373. The van der Waals surface area contributed by atoms with Crippen molar-refractivity contribution in [1.82, 2.24) is 4.98 Å². The molecule has 2 rings (SSSR count). The van der Waals surface area contributed by atoms with Gasteiger partial charge in [-0.05, 0) is 12.1 Å². The third-order valence-corrected chi connectivity index (χ3v) is 1.79. The van der Waals surface area contributed by atoms with Crippen molar-refractivity contribution in [3.05, 3.63) is 41.8 Å². The second kappa shape index (κ2) is 4.20. The summed E-state index contributed by atoms with van der Waals surface area (Å²) in [6.45, 7) is 0. The minimum Gasteiger partial charge on any atom is -0.476 e. The van der Waals surface area contributed by atoms with E-state index >= 15 is 0 Å². The average Bonchev–Trinajstić information content (AvgIpc) is 2.71. The van der Waals surface area contributed by atoms with Gasteiger partial charge in [-0.2, -0.15) is 4.98 Å². The number of hydrogen-bond acceptors (Lipinski definition) is 4. The summed E-state index contributed by atoms with van der Waals surface area (Å²) in [5, 5.41) is 8.55. The van der Waals surface area contributed by atoms with Crippen LogP contribution < -0.4 is 4.74 Å². The Hall–Kier alpha value is -2.44. The second-order valence-electron chi connectivity index (χ2n) is 2.98. The lowest BCUT2D eigenvalue weighted by atomic mass is 10.3. The topological polar surface area (TPSA) is 72.6 Å². The number of carboxylic acid groups (broad SMARTS) is 1. The van der Waals surface area contributed by atoms with Gasteiger partial charge in [0.15, 0.2) is 17.3 Å². The number of carboxylic acids is 1. The Balaban J connectivity index is 2.22. The molecule has 7 heteroatoms. The van der Waals surface area contributed by atoms with E-state index in [1.165, 1.54) is 0 Å². The average molecular weight is 241 g/mol. The molecule has 1 aromatic carbocycles. The lowest BCUT2D eigenvalue weighted by molar-refractivity contribution is 0.0690. The van der Waals surface area contributed by atoms with Crippen LogP contribution in [0.2, 0.25) is 0 Å². The number of carbonyl (C=O) groups is 1. The minimum atomic E-state index is -1.30. The van der Waals surface area contributed by atoms with Crippen LogP contribution in [-0.4, -0.2) is 16.1 Å². The van der Waals surface area contributed by atoms with E-state index in [1.807, 2.05) is 0 Å². The highest BCUT2D eigenvalue weighted by atomic mass is 19.1. The molecule has 0 unspecified atom stereocenters. The Labute approximate surface area is 93.3 Å². The van der Waals surface area contributed by atoms with Crippen LogP contribution in [0.3, 0.4) is 0 Å². The quantitative estimate of drug-likeness (QED) is 0.893. The molecule has 0 atom stereocenters. The first-order valence-electron chi connectivity index (χ1n) is 4.38. The molecule has 88 valence electrons. The fourth-order valence-corrected chi connectivity index (χ4v) is 1.05. The van der Waals surface area contributed by atoms with Crippen LogP contribution in [0.5, 0.6) is 11.8 Å². The van der Waals surface area contributed by atoms with Gasteiger partial charge in [-0.25, -0.2) is 13.6 Å². The molecule has 1 heterocycles. The summed E-state index contributed by atoms with van der Waals surface area (Å²) in [4.78, 5) is 13.9. The summed E-state index contributed by atoms with van der Waals surface area (Å²) in [7, 11) is 0. The highest BCUT2D eigenvalue weighted by Crippen LogP contribution is 2.24. The normalized spacial score (nSPS) is 10.2. The van der Waals surface area contributed by atoms with Gasteiger partial charge in [0.05, 0.1) is 0 Å². The zero-order valence-corrected chi connectivity index (χ0v) is 8.18. The molecule has 5 nitrogen and oxygen atoms in total. The van der Waals surface area contributed by atoms with Gasteiger partial charge in [0, 0.05) is 6.07 Å². The number of rotatable bonds is 3. The zero-order chi connectivity index (χ0) is 12.4. The number of ether oxygens (including phenoxy) is 1. The zero-order valence-electron chi connectivity index (χ0n) is 8.18. The molecular formula is C10H5F2NO4. The van der Waals surface area contributed by atoms with Gasteiger partial charge in [-0.3, -0.25) is 0 Å². The van der Waals surface area contributed by atoms with E-state index in [0.29, 0.717) is 6.07 Å². The number of aromatic carboxylic acids is 1. The first kappa shape index (κ1) is 11.1. The van der Waals surface area contributed by atoms with Crippen molar-refractivity contribution in [1.29, 1.82) is 0 Å². The predicted molar refractivity (Wildman–Crippen MR) is 49.9 cm³/mol. The molecule has 17 heavy (non-hydrogen) atoms. The van der Waals surface area contributed by atoms with Crippen molar-refractivity contribution in [3.8, 4) is 11.8 Å². The van der Waals surface area contributed by atoms with Gasteiger partial charge in [-0.15, -0.1) is 0 Å². The van der Waals surface area contributed by atoms with Crippen LogP contribution in [0.1, 0.15) is 10.5 Å². The third kappa shape index (κ3) is 2.39. The summed E-state index contributed by atoms with van der Waals surface area (Å²) in [6.07, 6.45) is 0.409. The monoisotopic (exact) mass is 241 g/mol. The molecule has 0 saturated carbocycles. The van der Waals surface area contributed by atoms with Gasteiger partial charge in [0.1, 0.15) is 12.1 Å². The van der Waals surface area contributed by atoms with E-state index in [2.05, 4.69) is 9.40 Å². The lowest BCUT2D eigenvalue weighted by Crippen LogP contribution is -1.96. The summed E-state index contributed by atoms with van der Waals surface area (Å²) < 4.78 is 35.2. The number of nitrogens with zero attached hydrogens (tertiary/aromatic N) is 1. The van der Waals surface area contributed by atoms with E-state index in [0.717, 1.165) is 18.4 Å². The molecule has 0 saturated heterocycles. The molecule has 0 spiro atoms. The number of oxazole rings is 1. The van der Waals surface area contributed by atoms with Gasteiger partial charge < -0.3 is 14.3 Å². The maximum Gasteiger partial charge on any atom is 0.400 e. The van der Waals surface area contributed by atoms with Gasteiger partial charge in [0.2, 0.25) is 0 Å². The lowest BCUT2D eigenvalue weighted by Gasteiger charge is -2.01. The van der Waals surface area contributed by atoms with Gasteiger partial charge >= 0.3 is 12.0 Å². The Bertz CT molecular complexity index is 567. The second-order valence-corrected chi connectivity index (χ2v) is 2.98. The van der Waals surface area contributed by atoms with Gasteiger partial charge in [-0.1, -0.05) is 0 Å². The first-order valence-corrected chi connectivity index (χ1v) is 4.38. The maximum atomic E-state index is 13.2. The molecule has 0 aliphatic heterocycles. The maximum absolute atomic E-state index is 13.2. The van der Waals surface area contributed by atoms with Crippen molar-refractivity contribution >= 4 is 5.97 Å². The Morgan fingerprint density at radius 2 is 2.18 bits per heavy atom. The summed E-state index contributed by atoms with van der Waals surface area (Å²) in [5.74, 6) is -3.32. The Kier molecular flexibility index (Phi) is 2.73. The molecule has 0 aliphatic rings. The molecule has 2 aromatic rings. The van der Waals surface area contributed by atoms with Crippen molar-refractivity contribution in [2.75, 3.05) is 0 Å². The molecule has 0 radical (unpaired) electrons. The van der Waals surface area contributed by atoms with E-state index < -0.39 is 23.7 Å². The van der Waals surface area contributed by atoms with Gasteiger partial charge in [0.25, 0.3) is 0 Å². The largest absolute Gasteiger partial charge is 0.476 e. The van der Waals surface area contributed by atoms with Crippen molar-refractivity contribution in [2.24, 2.45) is 0 Å². The predicted octanol–water partition coefficient (Wildman–Crippen LogP) is 2.44. The Morgan fingerprint density at radius 1 is 1.41 bits per heavy atom. The number of benzene rings is 1. The number of aromatic nitrogens is 1. The first-order chi connectivity index (χ1) is 8.06. The summed E-state index contributed by atoms with van der Waals surface area (Å²) in [6, 6.07) is 2.64. The van der Waals surface area contributed by atoms with E-state index in [9.17, 15) is 13.6 Å². The Morgan fingerprint density at radius 3 is 2.76 bits per heavy atom. The van der Waals surface area contributed by atoms with E-state index in [1.54, 1.807) is 0 Å². The third-order valence-electron chi connectivity index (χ3n) is 1.79. The molecule has 0 bridgehead atoms. The smallest absolute Gasteiger partial charge is 0.400 e. The van der Waals surface area contributed by atoms with E-state index in [4.69, 9.17) is 9.84 Å². The fourth-order valence-electron chi connectivity index (χ4n) is 1.05. The fraction of sp³-hybridized carbons (Fsp3) is 0. The van der Waals surface area contributed by atoms with Crippen molar-refractivity contribution in [3.63, 3.8) is 0 Å². The van der Waals surface area contributed by atoms with Crippen molar-refractivity contribution < 1.29 is 27.8 Å². The molecule has 1 N–H and O–H groups in total. The summed E-state index contributed by atoms with van der Waals surface area (Å²) >= 11 is 0. The number of halogens is 2. The molecule has 0 amide bonds. The van der Waals surface area contributed by atoms with Crippen LogP contribution >= 0.6 is 0 Å². The number of hydrogen-bond donors (Lipinski definition) is 1. The van der Waals surface area contributed by atoms with Crippen LogP contribution in [0.4, 0.5) is 8.78 Å². The molecule has 0 fully saturated rings.